The maximum atomic E-state index is 13.1. The summed E-state index contributed by atoms with van der Waals surface area (Å²) in [5.41, 5.74) is 1.62. The topological polar surface area (TPSA) is 71.2 Å². The number of rotatable bonds is 5. The van der Waals surface area contributed by atoms with Crippen LogP contribution in [0.2, 0.25) is 0 Å². The number of aromatic nitrogens is 5. The van der Waals surface area contributed by atoms with Gasteiger partial charge in [0.1, 0.15) is 11.6 Å². The van der Waals surface area contributed by atoms with Crippen LogP contribution >= 0.6 is 0 Å². The van der Waals surface area contributed by atoms with E-state index >= 15 is 0 Å². The smallest absolute Gasteiger partial charge is 0.200 e. The average Bonchev–Trinajstić information content (AvgIpc) is 2.96. The highest BCUT2D eigenvalue weighted by molar-refractivity contribution is 5.42. The molecule has 8 heteroatoms. The molecule has 0 saturated heterocycles. The van der Waals surface area contributed by atoms with Crippen molar-refractivity contribution in [1.29, 1.82) is 0 Å². The molecule has 0 unspecified atom stereocenters. The molecule has 1 N–H and O–H groups in total. The number of halogens is 1. The largest absolute Gasteiger partial charge is 0.367 e. The number of hydrogen-bond acceptors (Lipinski definition) is 6. The fourth-order valence-corrected chi connectivity index (χ4v) is 2.23. The van der Waals surface area contributed by atoms with Gasteiger partial charge < -0.3 is 10.2 Å². The SMILES string of the molecule is CN(C)[C@@H](CNc1ccc2nnnn2n1)c1ccc(F)cc1. The van der Waals surface area contributed by atoms with Gasteiger partial charge in [-0.05, 0) is 54.4 Å². The first kappa shape index (κ1) is 14.3. The molecule has 1 atom stereocenters. The van der Waals surface area contributed by atoms with Crippen molar-refractivity contribution in [3.05, 3.63) is 47.8 Å². The lowest BCUT2D eigenvalue weighted by atomic mass is 10.1. The van der Waals surface area contributed by atoms with Gasteiger partial charge in [-0.25, -0.2) is 4.39 Å². The van der Waals surface area contributed by atoms with Crippen LogP contribution in [0.5, 0.6) is 0 Å². The van der Waals surface area contributed by atoms with E-state index in [2.05, 4.69) is 30.8 Å². The number of tetrazole rings is 1. The highest BCUT2D eigenvalue weighted by Gasteiger charge is 2.14. The van der Waals surface area contributed by atoms with Crippen molar-refractivity contribution in [1.82, 2.24) is 30.2 Å². The number of benzene rings is 1. The van der Waals surface area contributed by atoms with Crippen molar-refractivity contribution < 1.29 is 4.39 Å². The van der Waals surface area contributed by atoms with E-state index in [0.29, 0.717) is 18.0 Å². The van der Waals surface area contributed by atoms with Crippen LogP contribution in [0.15, 0.2) is 36.4 Å². The summed E-state index contributed by atoms with van der Waals surface area (Å²) in [7, 11) is 3.96. The van der Waals surface area contributed by atoms with Crippen molar-refractivity contribution >= 4 is 11.5 Å². The lowest BCUT2D eigenvalue weighted by Crippen LogP contribution is -2.27. The highest BCUT2D eigenvalue weighted by atomic mass is 19.1. The summed E-state index contributed by atoms with van der Waals surface area (Å²) in [5.74, 6) is 0.439. The van der Waals surface area contributed by atoms with Crippen LogP contribution in [-0.2, 0) is 0 Å². The minimum absolute atomic E-state index is 0.0898. The van der Waals surface area contributed by atoms with Gasteiger partial charge in [0.25, 0.3) is 0 Å². The van der Waals surface area contributed by atoms with E-state index in [1.54, 1.807) is 18.2 Å². The molecule has 0 bridgehead atoms. The Morgan fingerprint density at radius 2 is 1.95 bits per heavy atom. The van der Waals surface area contributed by atoms with Gasteiger partial charge in [-0.15, -0.1) is 14.8 Å². The van der Waals surface area contributed by atoms with Crippen molar-refractivity contribution in [3.8, 4) is 0 Å². The number of likely N-dealkylation sites (N-methyl/N-ethyl adjacent to an activating group) is 1. The Labute approximate surface area is 126 Å². The molecule has 0 saturated carbocycles. The third-order valence-corrected chi connectivity index (χ3v) is 3.42. The second-order valence-electron chi connectivity index (χ2n) is 5.16. The first-order valence-electron chi connectivity index (χ1n) is 6.84. The fraction of sp³-hybridized carbons (Fsp3) is 0.286. The summed E-state index contributed by atoms with van der Waals surface area (Å²) in [5, 5.41) is 18.6. The molecule has 0 aliphatic heterocycles. The van der Waals surface area contributed by atoms with E-state index < -0.39 is 0 Å². The van der Waals surface area contributed by atoms with Gasteiger partial charge in [-0.2, -0.15) is 0 Å². The summed E-state index contributed by atoms with van der Waals surface area (Å²) in [6, 6.07) is 10.2. The average molecular weight is 301 g/mol. The van der Waals surface area contributed by atoms with Crippen LogP contribution < -0.4 is 5.32 Å². The molecule has 0 amide bonds. The van der Waals surface area contributed by atoms with Crippen molar-refractivity contribution in [3.63, 3.8) is 0 Å². The van der Waals surface area contributed by atoms with E-state index in [4.69, 9.17) is 0 Å². The van der Waals surface area contributed by atoms with Gasteiger partial charge in [0.05, 0.1) is 6.04 Å². The monoisotopic (exact) mass is 301 g/mol. The number of hydrogen-bond donors (Lipinski definition) is 1. The van der Waals surface area contributed by atoms with E-state index in [9.17, 15) is 4.39 Å². The fourth-order valence-electron chi connectivity index (χ4n) is 2.23. The molecule has 0 spiro atoms. The molecular weight excluding hydrogens is 285 g/mol. The van der Waals surface area contributed by atoms with Gasteiger partial charge in [-0.3, -0.25) is 0 Å². The van der Waals surface area contributed by atoms with Crippen LogP contribution in [0.3, 0.4) is 0 Å². The molecule has 0 aliphatic rings. The summed E-state index contributed by atoms with van der Waals surface area (Å²) in [6.45, 7) is 0.624. The minimum atomic E-state index is -0.236. The number of anilines is 1. The molecular formula is C14H16FN7. The lowest BCUT2D eigenvalue weighted by Gasteiger charge is -2.25. The molecule has 0 fully saturated rings. The standard InChI is InChI=1S/C14H16FN7/c1-21(2)12(10-3-5-11(15)6-4-10)9-16-13-7-8-14-17-19-20-22(14)18-13/h3-8,12H,9H2,1-2H3,(H,16,18)/t12-/m0/s1. The van der Waals surface area contributed by atoms with Crippen LogP contribution in [0.4, 0.5) is 10.2 Å². The maximum Gasteiger partial charge on any atom is 0.200 e. The number of nitrogens with one attached hydrogen (secondary N) is 1. The highest BCUT2D eigenvalue weighted by Crippen LogP contribution is 2.19. The minimum Gasteiger partial charge on any atom is -0.367 e. The van der Waals surface area contributed by atoms with Crippen molar-refractivity contribution in [2.75, 3.05) is 26.0 Å². The van der Waals surface area contributed by atoms with E-state index in [-0.39, 0.29) is 11.9 Å². The Morgan fingerprint density at radius 3 is 2.68 bits per heavy atom. The molecule has 2 heterocycles. The molecule has 22 heavy (non-hydrogen) atoms. The van der Waals surface area contributed by atoms with E-state index in [1.807, 2.05) is 20.2 Å². The van der Waals surface area contributed by atoms with E-state index in [1.165, 1.54) is 16.8 Å². The Hall–Kier alpha value is -2.61. The second kappa shape index (κ2) is 6.02. The van der Waals surface area contributed by atoms with Crippen LogP contribution in [0, 0.1) is 5.82 Å². The van der Waals surface area contributed by atoms with E-state index in [0.717, 1.165) is 5.56 Å². The zero-order chi connectivity index (χ0) is 15.5. The predicted molar refractivity (Wildman–Crippen MR) is 79.9 cm³/mol. The first-order valence-corrected chi connectivity index (χ1v) is 6.84. The summed E-state index contributed by atoms with van der Waals surface area (Å²) >= 11 is 0. The van der Waals surface area contributed by atoms with Crippen molar-refractivity contribution in [2.45, 2.75) is 6.04 Å². The normalized spacial score (nSPS) is 12.7. The molecule has 0 aliphatic carbocycles. The Morgan fingerprint density at radius 1 is 1.18 bits per heavy atom. The van der Waals surface area contributed by atoms with Gasteiger partial charge in [0.15, 0.2) is 5.65 Å². The molecule has 0 radical (unpaired) electrons. The zero-order valence-electron chi connectivity index (χ0n) is 12.3. The summed E-state index contributed by atoms with van der Waals surface area (Å²) in [4.78, 5) is 2.07. The van der Waals surface area contributed by atoms with Crippen molar-refractivity contribution in [2.24, 2.45) is 0 Å². The zero-order valence-corrected chi connectivity index (χ0v) is 12.3. The Kier molecular flexibility index (Phi) is 3.92. The third-order valence-electron chi connectivity index (χ3n) is 3.42. The molecule has 1 aromatic carbocycles. The van der Waals surface area contributed by atoms with Crippen LogP contribution in [-0.4, -0.2) is 50.8 Å². The maximum absolute atomic E-state index is 13.1. The van der Waals surface area contributed by atoms with Crippen LogP contribution in [0.1, 0.15) is 11.6 Å². The summed E-state index contributed by atoms with van der Waals surface area (Å²) in [6.07, 6.45) is 0. The molecule has 2 aromatic heterocycles. The Balaban J connectivity index is 1.75. The number of fused-ring (bicyclic) bond motifs is 1. The third kappa shape index (κ3) is 3.01. The van der Waals surface area contributed by atoms with Gasteiger partial charge in [-0.1, -0.05) is 12.1 Å². The second-order valence-corrected chi connectivity index (χ2v) is 5.16. The summed E-state index contributed by atoms with van der Waals surface area (Å²) < 4.78 is 14.4. The molecule has 3 rings (SSSR count). The molecule has 3 aromatic rings. The lowest BCUT2D eigenvalue weighted by molar-refractivity contribution is 0.311. The van der Waals surface area contributed by atoms with Gasteiger partial charge in [0, 0.05) is 6.54 Å². The quantitative estimate of drug-likeness (QED) is 0.767. The Bertz CT molecular complexity index is 753. The molecule has 114 valence electrons. The first-order chi connectivity index (χ1) is 10.6. The number of nitrogens with zero attached hydrogens (tertiary/aromatic N) is 6. The predicted octanol–water partition coefficient (Wildman–Crippen LogP) is 1.37. The van der Waals surface area contributed by atoms with Gasteiger partial charge in [0.2, 0.25) is 0 Å². The van der Waals surface area contributed by atoms with Crippen LogP contribution in [0.25, 0.3) is 5.65 Å². The molecule has 7 nitrogen and oxygen atoms in total. The van der Waals surface area contributed by atoms with Gasteiger partial charge >= 0.3 is 0 Å².